The lowest BCUT2D eigenvalue weighted by Crippen LogP contribution is -2.13. The van der Waals surface area contributed by atoms with Crippen LogP contribution in [0.25, 0.3) is 6.08 Å². The van der Waals surface area contributed by atoms with Gasteiger partial charge in [-0.3, -0.25) is 4.79 Å². The Balaban J connectivity index is 2.33. The highest BCUT2D eigenvalue weighted by atomic mass is 79.9. The molecule has 110 valence electrons. The quantitative estimate of drug-likeness (QED) is 0.566. The number of benzene rings is 2. The lowest BCUT2D eigenvalue weighted by Gasteiger charge is -2.07. The van der Waals surface area contributed by atoms with Crippen molar-refractivity contribution in [1.82, 2.24) is 0 Å². The fourth-order valence-electron chi connectivity index (χ4n) is 1.69. The number of rotatable bonds is 3. The van der Waals surface area contributed by atoms with Gasteiger partial charge in [0.25, 0.3) is 5.91 Å². The maximum absolute atomic E-state index is 12.2. The molecule has 0 bridgehead atoms. The third kappa shape index (κ3) is 3.89. The van der Waals surface area contributed by atoms with Crippen molar-refractivity contribution in [2.45, 2.75) is 0 Å². The summed E-state index contributed by atoms with van der Waals surface area (Å²) in [7, 11) is 0. The van der Waals surface area contributed by atoms with Crippen molar-refractivity contribution in [2.75, 3.05) is 5.32 Å². The molecule has 22 heavy (non-hydrogen) atoms. The highest BCUT2D eigenvalue weighted by Gasteiger charge is 2.13. The van der Waals surface area contributed by atoms with Crippen LogP contribution in [-0.4, -0.2) is 5.91 Å². The van der Waals surface area contributed by atoms with Gasteiger partial charge in [-0.15, -0.1) is 0 Å². The van der Waals surface area contributed by atoms with Crippen molar-refractivity contribution < 1.29 is 4.79 Å². The average Bonchev–Trinajstić information content (AvgIpc) is 2.49. The van der Waals surface area contributed by atoms with E-state index in [-0.39, 0.29) is 5.57 Å². The molecule has 0 unspecified atom stereocenters. The largest absolute Gasteiger partial charge is 0.320 e. The van der Waals surface area contributed by atoms with Crippen LogP contribution in [0.1, 0.15) is 5.56 Å². The van der Waals surface area contributed by atoms with Crippen molar-refractivity contribution in [3.63, 3.8) is 0 Å². The van der Waals surface area contributed by atoms with Crippen LogP contribution in [0.2, 0.25) is 10.0 Å². The molecular weight excluding hydrogens is 387 g/mol. The topological polar surface area (TPSA) is 52.9 Å². The lowest BCUT2D eigenvalue weighted by molar-refractivity contribution is -0.112. The minimum Gasteiger partial charge on any atom is -0.320 e. The smallest absolute Gasteiger partial charge is 0.266 e. The van der Waals surface area contributed by atoms with Gasteiger partial charge in [0.1, 0.15) is 11.6 Å². The van der Waals surface area contributed by atoms with Gasteiger partial charge in [-0.2, -0.15) is 5.26 Å². The Hall–Kier alpha value is -1.80. The second kappa shape index (κ2) is 7.46. The van der Waals surface area contributed by atoms with Gasteiger partial charge in [0.2, 0.25) is 0 Å². The molecule has 0 atom stereocenters. The van der Waals surface area contributed by atoms with Crippen molar-refractivity contribution in [3.05, 3.63) is 68.1 Å². The van der Waals surface area contributed by atoms with Crippen LogP contribution in [0.15, 0.2) is 52.5 Å². The lowest BCUT2D eigenvalue weighted by atomic mass is 10.1. The summed E-state index contributed by atoms with van der Waals surface area (Å²) in [5.74, 6) is -0.537. The van der Waals surface area contributed by atoms with Crippen molar-refractivity contribution in [2.24, 2.45) is 0 Å². The highest BCUT2D eigenvalue weighted by Crippen LogP contribution is 2.27. The number of para-hydroxylation sites is 1. The van der Waals surface area contributed by atoms with E-state index in [0.29, 0.717) is 21.3 Å². The van der Waals surface area contributed by atoms with Gasteiger partial charge in [0.05, 0.1) is 5.69 Å². The minimum absolute atomic E-state index is 0.0919. The van der Waals surface area contributed by atoms with Crippen LogP contribution < -0.4 is 5.32 Å². The predicted octanol–water partition coefficient (Wildman–Crippen LogP) is 5.30. The van der Waals surface area contributed by atoms with E-state index >= 15 is 0 Å². The molecule has 3 nitrogen and oxygen atoms in total. The molecule has 0 heterocycles. The zero-order valence-electron chi connectivity index (χ0n) is 11.1. The zero-order chi connectivity index (χ0) is 16.1. The molecule has 0 saturated heterocycles. The second-order valence-electron chi connectivity index (χ2n) is 4.24. The van der Waals surface area contributed by atoms with Gasteiger partial charge < -0.3 is 5.32 Å². The van der Waals surface area contributed by atoms with Crippen molar-refractivity contribution in [3.8, 4) is 6.07 Å². The Bertz CT molecular complexity index is 777. The van der Waals surface area contributed by atoms with Gasteiger partial charge in [-0.25, -0.2) is 0 Å². The summed E-state index contributed by atoms with van der Waals surface area (Å²) in [6.07, 6.45) is 1.37. The Morgan fingerprint density at radius 3 is 2.36 bits per heavy atom. The van der Waals surface area contributed by atoms with Gasteiger partial charge in [0.15, 0.2) is 0 Å². The van der Waals surface area contributed by atoms with E-state index in [2.05, 4.69) is 21.2 Å². The maximum atomic E-state index is 12.2. The molecule has 0 aliphatic carbocycles. The summed E-state index contributed by atoms with van der Waals surface area (Å²) in [6, 6.07) is 13.9. The number of carbonyl (C=O) groups excluding carboxylic acids is 1. The summed E-state index contributed by atoms with van der Waals surface area (Å²) in [5.41, 5.74) is 0.911. The molecule has 2 aromatic carbocycles. The van der Waals surface area contributed by atoms with E-state index in [4.69, 9.17) is 23.2 Å². The summed E-state index contributed by atoms with van der Waals surface area (Å²) >= 11 is 15.4. The van der Waals surface area contributed by atoms with Crippen LogP contribution in [-0.2, 0) is 4.79 Å². The third-order valence-corrected chi connectivity index (χ3v) is 4.13. The Morgan fingerprint density at radius 2 is 1.77 bits per heavy atom. The van der Waals surface area contributed by atoms with Crippen LogP contribution in [0, 0.1) is 11.3 Å². The first-order chi connectivity index (χ1) is 10.5. The number of hydrogen-bond acceptors (Lipinski definition) is 2. The highest BCUT2D eigenvalue weighted by molar-refractivity contribution is 9.10. The van der Waals surface area contributed by atoms with E-state index in [0.717, 1.165) is 4.47 Å². The van der Waals surface area contributed by atoms with Gasteiger partial charge in [-0.1, -0.05) is 41.4 Å². The number of nitrogens with one attached hydrogen (secondary N) is 1. The van der Waals surface area contributed by atoms with Crippen molar-refractivity contribution >= 4 is 56.8 Å². The molecule has 1 amide bonds. The van der Waals surface area contributed by atoms with Crippen LogP contribution in [0.5, 0.6) is 0 Å². The molecule has 0 radical (unpaired) electrons. The standard InChI is InChI=1S/C16H9BrCl2N2O/c17-12-4-1-2-7-15(12)21-16(22)10(9-20)8-11-13(18)5-3-6-14(11)19/h1-8H,(H,21,22). The zero-order valence-corrected chi connectivity index (χ0v) is 14.2. The Kier molecular flexibility index (Phi) is 5.62. The average molecular weight is 396 g/mol. The molecule has 2 rings (SSSR count). The molecule has 0 aliphatic rings. The number of nitriles is 1. The molecule has 2 aromatic rings. The van der Waals surface area contributed by atoms with Crippen LogP contribution >= 0.6 is 39.1 Å². The van der Waals surface area contributed by atoms with Gasteiger partial charge >= 0.3 is 0 Å². The number of amides is 1. The van der Waals surface area contributed by atoms with E-state index in [1.807, 2.05) is 12.1 Å². The first kappa shape index (κ1) is 16.6. The fourth-order valence-corrected chi connectivity index (χ4v) is 2.58. The molecule has 1 N–H and O–H groups in total. The molecule has 0 spiro atoms. The van der Waals surface area contributed by atoms with E-state index < -0.39 is 5.91 Å². The van der Waals surface area contributed by atoms with E-state index in [9.17, 15) is 10.1 Å². The predicted molar refractivity (Wildman–Crippen MR) is 92.8 cm³/mol. The number of nitrogens with zero attached hydrogens (tertiary/aromatic N) is 1. The molecule has 6 heteroatoms. The summed E-state index contributed by atoms with van der Waals surface area (Å²) in [6.45, 7) is 0. The minimum atomic E-state index is -0.537. The van der Waals surface area contributed by atoms with Crippen LogP contribution in [0.4, 0.5) is 5.69 Å². The number of anilines is 1. The van der Waals surface area contributed by atoms with Gasteiger partial charge in [0, 0.05) is 20.1 Å². The SMILES string of the molecule is N#CC(=Cc1c(Cl)cccc1Cl)C(=O)Nc1ccccc1Br. The summed E-state index contributed by atoms with van der Waals surface area (Å²) < 4.78 is 0.719. The molecule has 0 aliphatic heterocycles. The van der Waals surface area contributed by atoms with E-state index in [1.54, 1.807) is 36.4 Å². The Labute approximate surface area is 146 Å². The maximum Gasteiger partial charge on any atom is 0.266 e. The Morgan fingerprint density at radius 1 is 1.14 bits per heavy atom. The summed E-state index contributed by atoms with van der Waals surface area (Å²) in [4.78, 5) is 12.2. The molecule has 0 aromatic heterocycles. The van der Waals surface area contributed by atoms with Crippen molar-refractivity contribution in [1.29, 1.82) is 5.26 Å². The molecule has 0 fully saturated rings. The number of carbonyl (C=O) groups is 1. The first-order valence-electron chi connectivity index (χ1n) is 6.14. The fraction of sp³-hybridized carbons (Fsp3) is 0. The normalized spacial score (nSPS) is 10.9. The number of hydrogen-bond donors (Lipinski definition) is 1. The van der Waals surface area contributed by atoms with Gasteiger partial charge in [-0.05, 0) is 46.3 Å². The molecule has 0 saturated carbocycles. The first-order valence-corrected chi connectivity index (χ1v) is 7.69. The van der Waals surface area contributed by atoms with Crippen LogP contribution in [0.3, 0.4) is 0 Å². The second-order valence-corrected chi connectivity index (χ2v) is 5.91. The third-order valence-electron chi connectivity index (χ3n) is 2.78. The monoisotopic (exact) mass is 394 g/mol. The molecular formula is C16H9BrCl2N2O. The summed E-state index contributed by atoms with van der Waals surface area (Å²) in [5, 5.41) is 12.6. The number of halogens is 3. The van der Waals surface area contributed by atoms with E-state index in [1.165, 1.54) is 6.08 Å².